The van der Waals surface area contributed by atoms with E-state index in [1.807, 2.05) is 11.3 Å². The average molecular weight is 336 g/mol. The fourth-order valence-electron chi connectivity index (χ4n) is 2.77. The summed E-state index contributed by atoms with van der Waals surface area (Å²) in [6.45, 7) is 0. The molecular formula is C16H18BrNS. The first kappa shape index (κ1) is 13.3. The van der Waals surface area contributed by atoms with E-state index >= 15 is 0 Å². The van der Waals surface area contributed by atoms with Crippen molar-refractivity contribution in [2.45, 2.75) is 31.7 Å². The molecule has 1 aliphatic rings. The lowest BCUT2D eigenvalue weighted by Gasteiger charge is -2.15. The van der Waals surface area contributed by atoms with Crippen LogP contribution < -0.4 is 5.32 Å². The minimum absolute atomic E-state index is 0.435. The first-order chi connectivity index (χ1) is 9.26. The van der Waals surface area contributed by atoms with Gasteiger partial charge < -0.3 is 5.32 Å². The van der Waals surface area contributed by atoms with Crippen LogP contribution in [0.25, 0.3) is 0 Å². The molecule has 1 aromatic carbocycles. The Morgan fingerprint density at radius 2 is 2.21 bits per heavy atom. The molecule has 0 fully saturated rings. The molecule has 0 aliphatic heterocycles. The Labute approximate surface area is 127 Å². The number of aryl methyl sites for hydroxylation is 2. The molecule has 1 heterocycles. The first-order valence-electron chi connectivity index (χ1n) is 6.79. The van der Waals surface area contributed by atoms with Gasteiger partial charge in [-0.2, -0.15) is 0 Å². The van der Waals surface area contributed by atoms with Gasteiger partial charge in [-0.25, -0.2) is 0 Å². The number of benzene rings is 1. The van der Waals surface area contributed by atoms with Crippen LogP contribution in [-0.4, -0.2) is 7.05 Å². The predicted molar refractivity (Wildman–Crippen MR) is 86.0 cm³/mol. The quantitative estimate of drug-likeness (QED) is 0.867. The van der Waals surface area contributed by atoms with E-state index in [-0.39, 0.29) is 0 Å². The minimum atomic E-state index is 0.435. The molecule has 1 aliphatic carbocycles. The van der Waals surface area contributed by atoms with Gasteiger partial charge in [0, 0.05) is 20.3 Å². The molecule has 0 saturated heterocycles. The minimum Gasteiger partial charge on any atom is -0.312 e. The van der Waals surface area contributed by atoms with E-state index in [2.05, 4.69) is 58.6 Å². The molecule has 1 nitrogen and oxygen atoms in total. The number of rotatable bonds is 4. The summed E-state index contributed by atoms with van der Waals surface area (Å²) in [6.07, 6.45) is 4.96. The second-order valence-corrected chi connectivity index (χ2v) is 7.21. The lowest BCUT2D eigenvalue weighted by atomic mass is 10.0. The average Bonchev–Trinajstić information content (AvgIpc) is 2.96. The Balaban J connectivity index is 1.80. The van der Waals surface area contributed by atoms with Gasteiger partial charge in [0.25, 0.3) is 0 Å². The van der Waals surface area contributed by atoms with Crippen LogP contribution in [0.1, 0.15) is 33.3 Å². The standard InChI is InChI=1S/C16H18BrNS/c1-18-14(9-11-4-2-6-13(17)8-11)16-10-12-5-3-7-15(12)19-16/h2,4,6,8,10,14,18H,3,5,7,9H2,1H3. The Morgan fingerprint density at radius 3 is 2.95 bits per heavy atom. The maximum atomic E-state index is 3.55. The van der Waals surface area contributed by atoms with Gasteiger partial charge in [-0.1, -0.05) is 28.1 Å². The van der Waals surface area contributed by atoms with Crippen molar-refractivity contribution in [3.8, 4) is 0 Å². The van der Waals surface area contributed by atoms with E-state index in [1.54, 1.807) is 10.4 Å². The third kappa shape index (κ3) is 2.93. The summed E-state index contributed by atoms with van der Waals surface area (Å²) in [5, 5.41) is 3.47. The predicted octanol–water partition coefficient (Wildman–Crippen LogP) is 4.50. The van der Waals surface area contributed by atoms with E-state index in [4.69, 9.17) is 0 Å². The highest BCUT2D eigenvalue weighted by molar-refractivity contribution is 9.10. The van der Waals surface area contributed by atoms with Crippen molar-refractivity contribution in [2.24, 2.45) is 0 Å². The van der Waals surface area contributed by atoms with Gasteiger partial charge >= 0.3 is 0 Å². The molecule has 0 spiro atoms. The normalized spacial score (nSPS) is 15.5. The maximum Gasteiger partial charge on any atom is 0.0453 e. The van der Waals surface area contributed by atoms with Crippen LogP contribution in [0.15, 0.2) is 34.8 Å². The lowest BCUT2D eigenvalue weighted by Crippen LogP contribution is -2.17. The monoisotopic (exact) mass is 335 g/mol. The topological polar surface area (TPSA) is 12.0 Å². The van der Waals surface area contributed by atoms with Crippen molar-refractivity contribution in [1.29, 1.82) is 0 Å². The fourth-order valence-corrected chi connectivity index (χ4v) is 4.58. The molecule has 0 saturated carbocycles. The van der Waals surface area contributed by atoms with Gasteiger partial charge in [0.2, 0.25) is 0 Å². The number of nitrogens with one attached hydrogen (secondary N) is 1. The van der Waals surface area contributed by atoms with E-state index in [0.717, 1.165) is 10.9 Å². The van der Waals surface area contributed by atoms with E-state index < -0.39 is 0 Å². The summed E-state index contributed by atoms with van der Waals surface area (Å²) in [4.78, 5) is 3.11. The smallest absolute Gasteiger partial charge is 0.0453 e. The van der Waals surface area contributed by atoms with Crippen molar-refractivity contribution in [3.63, 3.8) is 0 Å². The van der Waals surface area contributed by atoms with Crippen molar-refractivity contribution in [3.05, 3.63) is 55.7 Å². The zero-order chi connectivity index (χ0) is 13.2. The molecule has 1 aromatic heterocycles. The van der Waals surface area contributed by atoms with Gasteiger partial charge in [-0.15, -0.1) is 11.3 Å². The lowest BCUT2D eigenvalue weighted by molar-refractivity contribution is 0.601. The molecule has 0 amide bonds. The van der Waals surface area contributed by atoms with Crippen LogP contribution >= 0.6 is 27.3 Å². The summed E-state index contributed by atoms with van der Waals surface area (Å²) >= 11 is 5.55. The molecule has 0 bridgehead atoms. The molecule has 3 heteroatoms. The highest BCUT2D eigenvalue weighted by atomic mass is 79.9. The Kier molecular flexibility index (Phi) is 4.06. The molecule has 1 N–H and O–H groups in total. The van der Waals surface area contributed by atoms with Crippen LogP contribution in [0.4, 0.5) is 0 Å². The van der Waals surface area contributed by atoms with Crippen molar-refractivity contribution in [1.82, 2.24) is 5.32 Å². The highest BCUT2D eigenvalue weighted by Gasteiger charge is 2.19. The van der Waals surface area contributed by atoms with Crippen LogP contribution in [0, 0.1) is 0 Å². The van der Waals surface area contributed by atoms with E-state index in [0.29, 0.717) is 6.04 Å². The largest absolute Gasteiger partial charge is 0.312 e. The molecule has 19 heavy (non-hydrogen) atoms. The maximum absolute atomic E-state index is 3.55. The highest BCUT2D eigenvalue weighted by Crippen LogP contribution is 2.34. The Morgan fingerprint density at radius 1 is 1.32 bits per heavy atom. The third-order valence-electron chi connectivity index (χ3n) is 3.79. The Bertz CT molecular complexity index is 554. The second-order valence-electron chi connectivity index (χ2n) is 5.13. The number of hydrogen-bond acceptors (Lipinski definition) is 2. The second kappa shape index (κ2) is 5.78. The van der Waals surface area contributed by atoms with Crippen molar-refractivity contribution < 1.29 is 0 Å². The molecule has 1 unspecified atom stereocenters. The zero-order valence-electron chi connectivity index (χ0n) is 11.1. The van der Waals surface area contributed by atoms with Gasteiger partial charge in [-0.3, -0.25) is 0 Å². The molecule has 2 aromatic rings. The SMILES string of the molecule is CNC(Cc1cccc(Br)c1)c1cc2c(s1)CCC2. The summed E-state index contributed by atoms with van der Waals surface area (Å²) in [6, 6.07) is 11.5. The molecule has 1 atom stereocenters. The zero-order valence-corrected chi connectivity index (χ0v) is 13.5. The Hall–Kier alpha value is -0.640. The number of thiophene rings is 1. The van der Waals surface area contributed by atoms with Gasteiger partial charge in [-0.05, 0) is 62.1 Å². The van der Waals surface area contributed by atoms with Gasteiger partial charge in [0.1, 0.15) is 0 Å². The summed E-state index contributed by atoms with van der Waals surface area (Å²) < 4.78 is 1.16. The van der Waals surface area contributed by atoms with Crippen LogP contribution in [0.2, 0.25) is 0 Å². The number of fused-ring (bicyclic) bond motifs is 1. The van der Waals surface area contributed by atoms with Crippen LogP contribution in [0.5, 0.6) is 0 Å². The van der Waals surface area contributed by atoms with E-state index in [1.165, 1.54) is 29.7 Å². The van der Waals surface area contributed by atoms with Crippen LogP contribution in [-0.2, 0) is 19.3 Å². The van der Waals surface area contributed by atoms with Crippen molar-refractivity contribution in [2.75, 3.05) is 7.05 Å². The first-order valence-corrected chi connectivity index (χ1v) is 8.40. The third-order valence-corrected chi connectivity index (χ3v) is 5.63. The molecule has 3 rings (SSSR count). The van der Waals surface area contributed by atoms with Gasteiger partial charge in [0.05, 0.1) is 0 Å². The fraction of sp³-hybridized carbons (Fsp3) is 0.375. The van der Waals surface area contributed by atoms with E-state index in [9.17, 15) is 0 Å². The van der Waals surface area contributed by atoms with Gasteiger partial charge in [0.15, 0.2) is 0 Å². The number of hydrogen-bond donors (Lipinski definition) is 1. The summed E-state index contributed by atoms with van der Waals surface area (Å²) in [5.74, 6) is 0. The van der Waals surface area contributed by atoms with Crippen molar-refractivity contribution >= 4 is 27.3 Å². The summed E-state index contributed by atoms with van der Waals surface area (Å²) in [7, 11) is 2.06. The molecule has 100 valence electrons. The summed E-state index contributed by atoms with van der Waals surface area (Å²) in [5.41, 5.74) is 2.97. The van der Waals surface area contributed by atoms with Crippen LogP contribution in [0.3, 0.4) is 0 Å². The number of likely N-dealkylation sites (N-methyl/N-ethyl adjacent to an activating group) is 1. The molecular weight excluding hydrogens is 318 g/mol. The molecule has 0 radical (unpaired) electrons. The number of halogens is 1.